The fraction of sp³-hybridized carbons (Fsp3) is 0.158. The van der Waals surface area contributed by atoms with Gasteiger partial charge in [0, 0.05) is 5.39 Å². The van der Waals surface area contributed by atoms with Crippen molar-refractivity contribution in [3.8, 4) is 5.75 Å². The maximum atomic E-state index is 13.1. The molecule has 4 heterocycles. The number of thiophene rings is 1. The van der Waals surface area contributed by atoms with Gasteiger partial charge in [0.25, 0.3) is 6.43 Å². The van der Waals surface area contributed by atoms with Crippen molar-refractivity contribution in [2.45, 2.75) is 20.0 Å². The number of hydrogen-bond acceptors (Lipinski definition) is 6. The zero-order chi connectivity index (χ0) is 20.1. The largest absolute Gasteiger partial charge is 0.486 e. The van der Waals surface area contributed by atoms with Crippen LogP contribution in [0.3, 0.4) is 0 Å². The number of aryl methyl sites for hydroxylation is 1. The normalized spacial score (nSPS) is 11.9. The minimum atomic E-state index is -2.64. The average molecular weight is 415 g/mol. The van der Waals surface area contributed by atoms with E-state index < -0.39 is 6.43 Å². The first-order valence-electron chi connectivity index (χ1n) is 8.60. The number of fused-ring (bicyclic) bond motifs is 5. The SMILES string of the molecule is Cc1cc(C(F)F)nc2sc3c(ncn4nc(COc5ccc(F)cc5)nc34)c12. The second-order valence-corrected chi connectivity index (χ2v) is 7.41. The van der Waals surface area contributed by atoms with Gasteiger partial charge in [-0.05, 0) is 42.8 Å². The number of pyridine rings is 1. The standard InChI is InChI=1S/C19H12F3N5OS/c1-9-6-12(17(21)22)24-19-14(9)15-16(29-19)18-25-13(26-27(18)8-23-15)7-28-11-4-2-10(20)3-5-11/h2-6,8,17H,7H2,1H3. The maximum Gasteiger partial charge on any atom is 0.280 e. The third kappa shape index (κ3) is 3.05. The van der Waals surface area contributed by atoms with E-state index in [9.17, 15) is 13.2 Å². The Morgan fingerprint density at radius 2 is 1.97 bits per heavy atom. The van der Waals surface area contributed by atoms with Gasteiger partial charge in [-0.25, -0.2) is 32.6 Å². The third-order valence-corrected chi connectivity index (χ3v) is 5.50. The van der Waals surface area contributed by atoms with Crippen LogP contribution in [-0.2, 0) is 6.61 Å². The number of halogens is 3. The Morgan fingerprint density at radius 3 is 2.72 bits per heavy atom. The molecule has 0 fully saturated rings. The molecule has 0 amide bonds. The van der Waals surface area contributed by atoms with Crippen LogP contribution in [0, 0.1) is 12.7 Å². The van der Waals surface area contributed by atoms with Gasteiger partial charge in [-0.3, -0.25) is 0 Å². The molecule has 0 atom stereocenters. The lowest BCUT2D eigenvalue weighted by Gasteiger charge is -2.02. The summed E-state index contributed by atoms with van der Waals surface area (Å²) in [6.07, 6.45) is -1.11. The fourth-order valence-corrected chi connectivity index (χ4v) is 4.32. The van der Waals surface area contributed by atoms with Crippen molar-refractivity contribution < 1.29 is 17.9 Å². The lowest BCUT2D eigenvalue weighted by molar-refractivity contribution is 0.146. The molecule has 4 aromatic heterocycles. The molecule has 0 aliphatic heterocycles. The molecule has 5 rings (SSSR count). The van der Waals surface area contributed by atoms with E-state index in [1.807, 2.05) is 0 Å². The molecule has 6 nitrogen and oxygen atoms in total. The minimum Gasteiger partial charge on any atom is -0.486 e. The first-order valence-corrected chi connectivity index (χ1v) is 9.42. The Labute approximate surface area is 165 Å². The molecule has 0 bridgehead atoms. The first kappa shape index (κ1) is 17.8. The zero-order valence-electron chi connectivity index (χ0n) is 14.9. The van der Waals surface area contributed by atoms with Crippen molar-refractivity contribution in [2.75, 3.05) is 0 Å². The number of rotatable bonds is 4. The number of ether oxygens (including phenoxy) is 1. The molecule has 5 aromatic rings. The summed E-state index contributed by atoms with van der Waals surface area (Å²) in [6, 6.07) is 7.04. The number of benzene rings is 1. The highest BCUT2D eigenvalue weighted by atomic mass is 32.1. The number of hydrogen-bond donors (Lipinski definition) is 0. The molecule has 0 aliphatic carbocycles. The minimum absolute atomic E-state index is 0.0898. The molecule has 0 saturated heterocycles. The monoisotopic (exact) mass is 415 g/mol. The van der Waals surface area contributed by atoms with E-state index in [-0.39, 0.29) is 18.1 Å². The molecule has 10 heteroatoms. The van der Waals surface area contributed by atoms with Crippen molar-refractivity contribution >= 4 is 37.4 Å². The van der Waals surface area contributed by atoms with Gasteiger partial charge in [0.2, 0.25) is 0 Å². The van der Waals surface area contributed by atoms with E-state index in [4.69, 9.17) is 4.74 Å². The van der Waals surface area contributed by atoms with Crippen molar-refractivity contribution in [2.24, 2.45) is 0 Å². The van der Waals surface area contributed by atoms with Crippen LogP contribution in [0.4, 0.5) is 13.2 Å². The highest BCUT2D eigenvalue weighted by Gasteiger charge is 2.19. The Hall–Kier alpha value is -3.27. The topological polar surface area (TPSA) is 65.2 Å². The van der Waals surface area contributed by atoms with Crippen molar-refractivity contribution in [3.05, 3.63) is 59.6 Å². The summed E-state index contributed by atoms with van der Waals surface area (Å²) < 4.78 is 47.0. The van der Waals surface area contributed by atoms with Gasteiger partial charge in [-0.2, -0.15) is 0 Å². The van der Waals surface area contributed by atoms with E-state index in [2.05, 4.69) is 20.1 Å². The van der Waals surface area contributed by atoms with Crippen LogP contribution in [-0.4, -0.2) is 24.6 Å². The molecule has 0 spiro atoms. The van der Waals surface area contributed by atoms with Crippen LogP contribution >= 0.6 is 11.3 Å². The van der Waals surface area contributed by atoms with E-state index in [0.29, 0.717) is 37.8 Å². The average Bonchev–Trinajstić information content (AvgIpc) is 3.28. The van der Waals surface area contributed by atoms with Gasteiger partial charge in [-0.1, -0.05) is 0 Å². The molecule has 1 aromatic carbocycles. The zero-order valence-corrected chi connectivity index (χ0v) is 15.8. The summed E-state index contributed by atoms with van der Waals surface area (Å²) in [5.74, 6) is 0.564. The van der Waals surface area contributed by atoms with Crippen molar-refractivity contribution in [1.29, 1.82) is 0 Å². The van der Waals surface area contributed by atoms with Crippen LogP contribution in [0.1, 0.15) is 23.5 Å². The van der Waals surface area contributed by atoms with Crippen LogP contribution in [0.15, 0.2) is 36.7 Å². The highest BCUT2D eigenvalue weighted by molar-refractivity contribution is 7.26. The Bertz CT molecular complexity index is 1360. The summed E-state index contributed by atoms with van der Waals surface area (Å²) in [7, 11) is 0. The van der Waals surface area contributed by atoms with E-state index in [1.165, 1.54) is 52.5 Å². The van der Waals surface area contributed by atoms with Crippen molar-refractivity contribution in [3.63, 3.8) is 0 Å². The lowest BCUT2D eigenvalue weighted by Crippen LogP contribution is -1.98. The van der Waals surface area contributed by atoms with E-state index in [0.717, 1.165) is 5.39 Å². The number of aromatic nitrogens is 5. The van der Waals surface area contributed by atoms with Crippen LogP contribution < -0.4 is 4.74 Å². The molecule has 0 N–H and O–H groups in total. The number of alkyl halides is 2. The molecule has 29 heavy (non-hydrogen) atoms. The Morgan fingerprint density at radius 1 is 1.17 bits per heavy atom. The molecule has 146 valence electrons. The quantitative estimate of drug-likeness (QED) is 0.420. The second kappa shape index (κ2) is 6.66. The molecule has 0 radical (unpaired) electrons. The Kier molecular flexibility index (Phi) is 4.09. The van der Waals surface area contributed by atoms with Gasteiger partial charge in [-0.15, -0.1) is 16.4 Å². The number of nitrogens with zero attached hydrogens (tertiary/aromatic N) is 5. The summed E-state index contributed by atoms with van der Waals surface area (Å²) in [4.78, 5) is 13.5. The molecule has 0 saturated carbocycles. The predicted molar refractivity (Wildman–Crippen MR) is 102 cm³/mol. The van der Waals surface area contributed by atoms with Gasteiger partial charge < -0.3 is 4.74 Å². The van der Waals surface area contributed by atoms with Gasteiger partial charge in [0.05, 0.1) is 5.52 Å². The van der Waals surface area contributed by atoms with Crippen molar-refractivity contribution in [1.82, 2.24) is 24.6 Å². The highest BCUT2D eigenvalue weighted by Crippen LogP contribution is 2.36. The van der Waals surface area contributed by atoms with E-state index >= 15 is 0 Å². The first-order chi connectivity index (χ1) is 14.0. The maximum absolute atomic E-state index is 13.1. The van der Waals surface area contributed by atoms with Gasteiger partial charge in [0.15, 0.2) is 11.5 Å². The smallest absolute Gasteiger partial charge is 0.280 e. The summed E-state index contributed by atoms with van der Waals surface area (Å²) in [5.41, 5.74) is 1.63. The third-order valence-electron chi connectivity index (χ3n) is 4.43. The van der Waals surface area contributed by atoms with Gasteiger partial charge >= 0.3 is 0 Å². The lowest BCUT2D eigenvalue weighted by atomic mass is 10.1. The van der Waals surface area contributed by atoms with Crippen LogP contribution in [0.5, 0.6) is 5.75 Å². The second-order valence-electron chi connectivity index (χ2n) is 6.41. The summed E-state index contributed by atoms with van der Waals surface area (Å²) in [5, 5.41) is 5.08. The predicted octanol–water partition coefficient (Wildman–Crippen LogP) is 4.85. The molecular formula is C19H12F3N5OS. The van der Waals surface area contributed by atoms with Gasteiger partial charge in [0.1, 0.15) is 39.7 Å². The molecule has 0 aliphatic rings. The van der Waals surface area contributed by atoms with Crippen LogP contribution in [0.2, 0.25) is 0 Å². The summed E-state index contributed by atoms with van der Waals surface area (Å²) in [6.45, 7) is 1.85. The molecule has 0 unspecified atom stereocenters. The van der Waals surface area contributed by atoms with Crippen LogP contribution in [0.25, 0.3) is 26.1 Å². The molecular weight excluding hydrogens is 403 g/mol. The van der Waals surface area contributed by atoms with E-state index in [1.54, 1.807) is 6.92 Å². The summed E-state index contributed by atoms with van der Waals surface area (Å²) >= 11 is 1.25. The fourth-order valence-electron chi connectivity index (χ4n) is 3.13. The Balaban J connectivity index is 1.57.